The van der Waals surface area contributed by atoms with E-state index in [4.69, 9.17) is 5.73 Å². The van der Waals surface area contributed by atoms with Crippen LogP contribution in [0.3, 0.4) is 0 Å². The minimum atomic E-state index is -0.253. The monoisotopic (exact) mass is 340 g/mol. The van der Waals surface area contributed by atoms with Crippen LogP contribution in [0.1, 0.15) is 36.7 Å². The second-order valence-corrected chi connectivity index (χ2v) is 6.63. The third-order valence-electron chi connectivity index (χ3n) is 4.67. The molecule has 6 nitrogen and oxygen atoms in total. The zero-order chi connectivity index (χ0) is 17.2. The van der Waals surface area contributed by atoms with Crippen LogP contribution in [0.15, 0.2) is 30.6 Å². The molecule has 1 saturated carbocycles. The number of hydrogen-bond acceptors (Lipinski definition) is 5. The molecule has 7 heteroatoms. The second kappa shape index (κ2) is 6.76. The summed E-state index contributed by atoms with van der Waals surface area (Å²) in [4.78, 5) is 16.3. The Morgan fingerprint density at radius 2 is 2.12 bits per heavy atom. The fourth-order valence-corrected chi connectivity index (χ4v) is 3.22. The number of nitrogens with two attached hydrogens (primary N) is 1. The third kappa shape index (κ3) is 3.61. The zero-order valence-corrected chi connectivity index (χ0v) is 13.9. The van der Waals surface area contributed by atoms with Crippen molar-refractivity contribution in [1.82, 2.24) is 19.9 Å². The van der Waals surface area contributed by atoms with E-state index < -0.39 is 0 Å². The van der Waals surface area contributed by atoms with Crippen LogP contribution in [0.5, 0.6) is 0 Å². The van der Waals surface area contributed by atoms with E-state index in [0.29, 0.717) is 12.0 Å². The molecule has 4 N–H and O–H groups in total. The number of nitrogens with zero attached hydrogens (tertiary/aromatic N) is 3. The molecule has 2 heterocycles. The molecule has 1 fully saturated rings. The van der Waals surface area contributed by atoms with Crippen molar-refractivity contribution in [2.75, 3.05) is 11.9 Å². The standard InChI is InChI=1S/C18H21FN6/c19-12-3-4-14-16(8-12)25-17(24-14)2-1-5-21-18-9-15(22-10-23-18)11-6-13(20)7-11/h3-4,8-11,13H,1-2,5-7,20H2,(H,24,25)(H,21,22,23). The Hall–Kier alpha value is -2.54. The van der Waals surface area contributed by atoms with Gasteiger partial charge in [0.15, 0.2) is 0 Å². The van der Waals surface area contributed by atoms with E-state index in [0.717, 1.165) is 60.6 Å². The van der Waals surface area contributed by atoms with Gasteiger partial charge in [0.05, 0.1) is 11.0 Å². The number of fused-ring (bicyclic) bond motifs is 1. The molecular formula is C18H21FN6. The van der Waals surface area contributed by atoms with Crippen molar-refractivity contribution in [3.63, 3.8) is 0 Å². The minimum absolute atomic E-state index is 0.253. The predicted molar refractivity (Wildman–Crippen MR) is 94.8 cm³/mol. The predicted octanol–water partition coefficient (Wildman–Crippen LogP) is 2.74. The van der Waals surface area contributed by atoms with Gasteiger partial charge in [-0.05, 0) is 37.5 Å². The molecule has 0 atom stereocenters. The summed E-state index contributed by atoms with van der Waals surface area (Å²) in [5.74, 6) is 1.93. The molecule has 0 saturated heterocycles. The lowest BCUT2D eigenvalue weighted by molar-refractivity contribution is 0.345. The maximum atomic E-state index is 13.2. The molecule has 3 aromatic rings. The highest BCUT2D eigenvalue weighted by Crippen LogP contribution is 2.34. The number of rotatable bonds is 6. The van der Waals surface area contributed by atoms with E-state index in [2.05, 4.69) is 25.3 Å². The van der Waals surface area contributed by atoms with Gasteiger partial charge in [0.25, 0.3) is 0 Å². The topological polar surface area (TPSA) is 92.5 Å². The van der Waals surface area contributed by atoms with Gasteiger partial charge < -0.3 is 16.0 Å². The average Bonchev–Trinajstić information content (AvgIpc) is 2.98. The first-order valence-electron chi connectivity index (χ1n) is 8.63. The number of anilines is 1. The Balaban J connectivity index is 1.29. The number of aromatic amines is 1. The number of nitrogens with one attached hydrogen (secondary N) is 2. The Morgan fingerprint density at radius 1 is 1.24 bits per heavy atom. The first kappa shape index (κ1) is 16.0. The van der Waals surface area contributed by atoms with Gasteiger partial charge >= 0.3 is 0 Å². The largest absolute Gasteiger partial charge is 0.370 e. The van der Waals surface area contributed by atoms with Crippen molar-refractivity contribution < 1.29 is 4.39 Å². The molecule has 0 bridgehead atoms. The lowest BCUT2D eigenvalue weighted by Crippen LogP contribution is -2.35. The maximum absolute atomic E-state index is 13.2. The zero-order valence-electron chi connectivity index (χ0n) is 13.9. The van der Waals surface area contributed by atoms with Crippen LogP contribution in [0.25, 0.3) is 11.0 Å². The minimum Gasteiger partial charge on any atom is -0.370 e. The molecule has 0 aliphatic heterocycles. The van der Waals surface area contributed by atoms with Crippen LogP contribution in [0, 0.1) is 5.82 Å². The van der Waals surface area contributed by atoms with Gasteiger partial charge in [0, 0.05) is 36.7 Å². The highest BCUT2D eigenvalue weighted by atomic mass is 19.1. The molecule has 1 aliphatic rings. The Labute approximate surface area is 145 Å². The van der Waals surface area contributed by atoms with Crippen molar-refractivity contribution in [1.29, 1.82) is 0 Å². The van der Waals surface area contributed by atoms with E-state index in [1.165, 1.54) is 12.1 Å². The SMILES string of the molecule is NC1CC(c2cc(NCCCc3nc4ccc(F)cc4[nH]3)ncn2)C1. The number of imidazole rings is 1. The molecule has 0 radical (unpaired) electrons. The van der Waals surface area contributed by atoms with Gasteiger partial charge in [-0.2, -0.15) is 0 Å². The van der Waals surface area contributed by atoms with Crippen LogP contribution in [-0.2, 0) is 6.42 Å². The van der Waals surface area contributed by atoms with E-state index in [-0.39, 0.29) is 5.82 Å². The van der Waals surface area contributed by atoms with Crippen LogP contribution < -0.4 is 11.1 Å². The van der Waals surface area contributed by atoms with E-state index in [1.54, 1.807) is 12.4 Å². The van der Waals surface area contributed by atoms with Gasteiger partial charge in [-0.1, -0.05) is 0 Å². The van der Waals surface area contributed by atoms with Crippen molar-refractivity contribution in [2.45, 2.75) is 37.6 Å². The number of aryl methyl sites for hydroxylation is 1. The molecule has 4 rings (SSSR count). The smallest absolute Gasteiger partial charge is 0.129 e. The highest BCUT2D eigenvalue weighted by molar-refractivity contribution is 5.74. The quantitative estimate of drug-likeness (QED) is 0.600. The normalized spacial score (nSPS) is 19.8. The number of benzene rings is 1. The molecule has 130 valence electrons. The summed E-state index contributed by atoms with van der Waals surface area (Å²) in [6, 6.07) is 6.92. The second-order valence-electron chi connectivity index (χ2n) is 6.63. The fourth-order valence-electron chi connectivity index (χ4n) is 3.22. The molecule has 1 aliphatic carbocycles. The summed E-state index contributed by atoms with van der Waals surface area (Å²) >= 11 is 0. The third-order valence-corrected chi connectivity index (χ3v) is 4.67. The Kier molecular flexibility index (Phi) is 4.31. The molecule has 0 unspecified atom stereocenters. The Bertz CT molecular complexity index is 871. The van der Waals surface area contributed by atoms with Crippen molar-refractivity contribution in [3.8, 4) is 0 Å². The number of hydrogen-bond donors (Lipinski definition) is 3. The number of halogens is 1. The van der Waals surface area contributed by atoms with Crippen LogP contribution in [0.2, 0.25) is 0 Å². The average molecular weight is 340 g/mol. The summed E-state index contributed by atoms with van der Waals surface area (Å²) in [5, 5.41) is 3.33. The molecule has 0 spiro atoms. The van der Waals surface area contributed by atoms with Gasteiger partial charge in [0.1, 0.15) is 23.8 Å². The summed E-state index contributed by atoms with van der Waals surface area (Å²) in [7, 11) is 0. The van der Waals surface area contributed by atoms with Gasteiger partial charge in [-0.25, -0.2) is 19.3 Å². The van der Waals surface area contributed by atoms with Gasteiger partial charge in [-0.15, -0.1) is 0 Å². The summed E-state index contributed by atoms with van der Waals surface area (Å²) < 4.78 is 13.2. The lowest BCUT2D eigenvalue weighted by atomic mass is 9.79. The van der Waals surface area contributed by atoms with Crippen LogP contribution >= 0.6 is 0 Å². The molecule has 2 aromatic heterocycles. The van der Waals surface area contributed by atoms with E-state index in [1.807, 2.05) is 6.07 Å². The number of H-pyrrole nitrogens is 1. The van der Waals surface area contributed by atoms with E-state index in [9.17, 15) is 4.39 Å². The fraction of sp³-hybridized carbons (Fsp3) is 0.389. The van der Waals surface area contributed by atoms with E-state index >= 15 is 0 Å². The summed E-state index contributed by atoms with van der Waals surface area (Å²) in [6.45, 7) is 0.784. The first-order valence-corrected chi connectivity index (χ1v) is 8.63. The van der Waals surface area contributed by atoms with Crippen molar-refractivity contribution in [2.24, 2.45) is 5.73 Å². The summed E-state index contributed by atoms with van der Waals surface area (Å²) in [5.41, 5.74) is 8.45. The summed E-state index contributed by atoms with van der Waals surface area (Å²) in [6.07, 6.45) is 5.30. The van der Waals surface area contributed by atoms with Crippen LogP contribution in [0.4, 0.5) is 10.2 Å². The molecule has 0 amide bonds. The molecule has 25 heavy (non-hydrogen) atoms. The van der Waals surface area contributed by atoms with Crippen molar-refractivity contribution in [3.05, 3.63) is 47.9 Å². The molecular weight excluding hydrogens is 319 g/mol. The molecule has 1 aromatic carbocycles. The lowest BCUT2D eigenvalue weighted by Gasteiger charge is -2.31. The van der Waals surface area contributed by atoms with Crippen molar-refractivity contribution >= 4 is 16.9 Å². The van der Waals surface area contributed by atoms with Crippen LogP contribution in [-0.4, -0.2) is 32.5 Å². The highest BCUT2D eigenvalue weighted by Gasteiger charge is 2.28. The first-order chi connectivity index (χ1) is 12.2. The van der Waals surface area contributed by atoms with Gasteiger partial charge in [0.2, 0.25) is 0 Å². The maximum Gasteiger partial charge on any atom is 0.129 e. The Morgan fingerprint density at radius 3 is 2.96 bits per heavy atom. The van der Waals surface area contributed by atoms with Gasteiger partial charge in [-0.3, -0.25) is 0 Å². The number of aromatic nitrogens is 4.